The Kier molecular flexibility index (Phi) is 5.71. The SMILES string of the molecule is Cc1ccccc1C(=O)OC[C@H](C)NC(=O)c1cccnc1Cl. The monoisotopic (exact) mass is 332 g/mol. The second-order valence-corrected chi connectivity index (χ2v) is 5.49. The van der Waals surface area contributed by atoms with E-state index >= 15 is 0 Å². The molecule has 2 rings (SSSR count). The third kappa shape index (κ3) is 4.53. The van der Waals surface area contributed by atoms with Crippen LogP contribution >= 0.6 is 11.6 Å². The number of pyridine rings is 1. The summed E-state index contributed by atoms with van der Waals surface area (Å²) in [5.41, 5.74) is 1.64. The minimum atomic E-state index is -0.413. The van der Waals surface area contributed by atoms with E-state index in [0.717, 1.165) is 5.56 Å². The molecular weight excluding hydrogens is 316 g/mol. The first-order chi connectivity index (χ1) is 11.0. The van der Waals surface area contributed by atoms with Gasteiger partial charge >= 0.3 is 5.97 Å². The molecule has 6 heteroatoms. The number of esters is 1. The summed E-state index contributed by atoms with van der Waals surface area (Å²) >= 11 is 5.87. The van der Waals surface area contributed by atoms with Gasteiger partial charge in [0.2, 0.25) is 0 Å². The van der Waals surface area contributed by atoms with Gasteiger partial charge in [0.1, 0.15) is 11.8 Å². The van der Waals surface area contributed by atoms with Crippen LogP contribution in [0.2, 0.25) is 5.15 Å². The minimum Gasteiger partial charge on any atom is -0.460 e. The summed E-state index contributed by atoms with van der Waals surface area (Å²) in [5, 5.41) is 2.85. The zero-order valence-electron chi connectivity index (χ0n) is 12.9. The molecule has 0 aliphatic heterocycles. The number of aryl methyl sites for hydroxylation is 1. The van der Waals surface area contributed by atoms with Crippen molar-refractivity contribution >= 4 is 23.5 Å². The van der Waals surface area contributed by atoms with Crippen LogP contribution in [0.4, 0.5) is 0 Å². The Morgan fingerprint density at radius 3 is 2.61 bits per heavy atom. The number of ether oxygens (including phenoxy) is 1. The maximum atomic E-state index is 12.1. The van der Waals surface area contributed by atoms with Gasteiger partial charge < -0.3 is 10.1 Å². The average Bonchev–Trinajstić information content (AvgIpc) is 2.53. The van der Waals surface area contributed by atoms with Crippen molar-refractivity contribution in [1.29, 1.82) is 0 Å². The predicted octanol–water partition coefficient (Wildman–Crippen LogP) is 3.02. The molecule has 1 heterocycles. The van der Waals surface area contributed by atoms with Gasteiger partial charge in [-0.1, -0.05) is 29.8 Å². The largest absolute Gasteiger partial charge is 0.460 e. The average molecular weight is 333 g/mol. The predicted molar refractivity (Wildman–Crippen MR) is 87.6 cm³/mol. The maximum absolute atomic E-state index is 12.1. The first kappa shape index (κ1) is 17.0. The number of hydrogen-bond acceptors (Lipinski definition) is 4. The fourth-order valence-electron chi connectivity index (χ4n) is 1.98. The molecule has 0 aliphatic rings. The van der Waals surface area contributed by atoms with E-state index in [1.807, 2.05) is 19.1 Å². The standard InChI is InChI=1S/C17H17ClN2O3/c1-11-6-3-4-7-13(11)17(22)23-10-12(2)20-16(21)14-8-5-9-19-15(14)18/h3-9,12H,10H2,1-2H3,(H,20,21)/t12-/m0/s1. The molecule has 120 valence electrons. The number of nitrogens with one attached hydrogen (secondary N) is 1. The number of carbonyl (C=O) groups excluding carboxylic acids is 2. The number of carbonyl (C=O) groups is 2. The smallest absolute Gasteiger partial charge is 0.338 e. The van der Waals surface area contributed by atoms with Gasteiger partial charge in [-0.2, -0.15) is 0 Å². The van der Waals surface area contributed by atoms with E-state index in [-0.39, 0.29) is 29.3 Å². The van der Waals surface area contributed by atoms with E-state index in [2.05, 4.69) is 10.3 Å². The zero-order chi connectivity index (χ0) is 16.8. The lowest BCUT2D eigenvalue weighted by Gasteiger charge is -2.15. The van der Waals surface area contributed by atoms with Gasteiger partial charge in [-0.3, -0.25) is 4.79 Å². The Bertz CT molecular complexity index is 718. The molecule has 5 nitrogen and oxygen atoms in total. The topological polar surface area (TPSA) is 68.3 Å². The fraction of sp³-hybridized carbons (Fsp3) is 0.235. The first-order valence-electron chi connectivity index (χ1n) is 7.13. The van der Waals surface area contributed by atoms with Gasteiger partial charge in [-0.15, -0.1) is 0 Å². The minimum absolute atomic E-state index is 0.0663. The third-order valence-electron chi connectivity index (χ3n) is 3.21. The lowest BCUT2D eigenvalue weighted by molar-refractivity contribution is 0.0464. The molecule has 1 aromatic carbocycles. The molecule has 0 bridgehead atoms. The molecule has 1 atom stereocenters. The molecule has 0 aliphatic carbocycles. The van der Waals surface area contributed by atoms with Crippen LogP contribution in [0.5, 0.6) is 0 Å². The van der Waals surface area contributed by atoms with Gasteiger partial charge in [-0.25, -0.2) is 9.78 Å². The van der Waals surface area contributed by atoms with Gasteiger partial charge in [0.25, 0.3) is 5.91 Å². The van der Waals surface area contributed by atoms with Crippen LogP contribution in [0, 0.1) is 6.92 Å². The highest BCUT2D eigenvalue weighted by molar-refractivity contribution is 6.32. The van der Waals surface area contributed by atoms with Crippen molar-refractivity contribution in [2.45, 2.75) is 19.9 Å². The second kappa shape index (κ2) is 7.74. The van der Waals surface area contributed by atoms with Crippen LogP contribution in [-0.4, -0.2) is 29.5 Å². The lowest BCUT2D eigenvalue weighted by Crippen LogP contribution is -2.36. The molecule has 1 N–H and O–H groups in total. The van der Waals surface area contributed by atoms with Crippen molar-refractivity contribution in [3.8, 4) is 0 Å². The third-order valence-corrected chi connectivity index (χ3v) is 3.51. The number of amides is 1. The van der Waals surface area contributed by atoms with Gasteiger partial charge in [0.15, 0.2) is 0 Å². The quantitative estimate of drug-likeness (QED) is 0.675. The molecule has 0 radical (unpaired) electrons. The summed E-state index contributed by atoms with van der Waals surface area (Å²) in [6.45, 7) is 3.65. The highest BCUT2D eigenvalue weighted by atomic mass is 35.5. The van der Waals surface area contributed by atoms with Crippen molar-refractivity contribution in [3.63, 3.8) is 0 Å². The molecule has 0 spiro atoms. The van der Waals surface area contributed by atoms with Gasteiger partial charge in [0.05, 0.1) is 17.2 Å². The highest BCUT2D eigenvalue weighted by Gasteiger charge is 2.16. The van der Waals surface area contributed by atoms with E-state index < -0.39 is 5.97 Å². The molecule has 1 amide bonds. The zero-order valence-corrected chi connectivity index (χ0v) is 13.6. The van der Waals surface area contributed by atoms with E-state index in [1.54, 1.807) is 31.2 Å². The molecule has 0 fully saturated rings. The maximum Gasteiger partial charge on any atom is 0.338 e. The first-order valence-corrected chi connectivity index (χ1v) is 7.51. The number of aromatic nitrogens is 1. The van der Waals surface area contributed by atoms with Gasteiger partial charge in [-0.05, 0) is 37.6 Å². The summed E-state index contributed by atoms with van der Waals surface area (Å²) in [6.07, 6.45) is 1.51. The Morgan fingerprint density at radius 2 is 1.91 bits per heavy atom. The molecule has 0 unspecified atom stereocenters. The fourth-order valence-corrected chi connectivity index (χ4v) is 2.18. The summed E-state index contributed by atoms with van der Waals surface area (Å²) in [4.78, 5) is 27.9. The van der Waals surface area contributed by atoms with Crippen LogP contribution in [0.1, 0.15) is 33.2 Å². The Labute approximate surface area is 139 Å². The summed E-state index contributed by atoms with van der Waals surface area (Å²) in [6, 6.07) is 10.0. The summed E-state index contributed by atoms with van der Waals surface area (Å²) in [7, 11) is 0. The van der Waals surface area contributed by atoms with Crippen LogP contribution in [0.15, 0.2) is 42.6 Å². The highest BCUT2D eigenvalue weighted by Crippen LogP contribution is 2.12. The van der Waals surface area contributed by atoms with Crippen LogP contribution in [-0.2, 0) is 4.74 Å². The van der Waals surface area contributed by atoms with Crippen molar-refractivity contribution < 1.29 is 14.3 Å². The molecule has 2 aromatic rings. The van der Waals surface area contributed by atoms with Crippen LogP contribution in [0.3, 0.4) is 0 Å². The second-order valence-electron chi connectivity index (χ2n) is 5.13. The molecule has 0 saturated heterocycles. The van der Waals surface area contributed by atoms with Gasteiger partial charge in [0, 0.05) is 6.20 Å². The van der Waals surface area contributed by atoms with Crippen molar-refractivity contribution in [3.05, 3.63) is 64.4 Å². The van der Waals surface area contributed by atoms with Crippen molar-refractivity contribution in [2.24, 2.45) is 0 Å². The Morgan fingerprint density at radius 1 is 1.22 bits per heavy atom. The summed E-state index contributed by atoms with van der Waals surface area (Å²) < 4.78 is 5.24. The molecule has 1 aromatic heterocycles. The molecule has 23 heavy (non-hydrogen) atoms. The van der Waals surface area contributed by atoms with Crippen molar-refractivity contribution in [2.75, 3.05) is 6.61 Å². The van der Waals surface area contributed by atoms with E-state index in [9.17, 15) is 9.59 Å². The van der Waals surface area contributed by atoms with E-state index in [4.69, 9.17) is 16.3 Å². The lowest BCUT2D eigenvalue weighted by atomic mass is 10.1. The number of rotatable bonds is 5. The normalized spacial score (nSPS) is 11.6. The number of halogens is 1. The van der Waals surface area contributed by atoms with Crippen molar-refractivity contribution in [1.82, 2.24) is 10.3 Å². The van der Waals surface area contributed by atoms with Crippen LogP contribution in [0.25, 0.3) is 0 Å². The summed E-state index contributed by atoms with van der Waals surface area (Å²) in [5.74, 6) is -0.772. The van der Waals surface area contributed by atoms with E-state index in [1.165, 1.54) is 6.20 Å². The van der Waals surface area contributed by atoms with E-state index in [0.29, 0.717) is 5.56 Å². The Hall–Kier alpha value is -2.40. The van der Waals surface area contributed by atoms with Crippen LogP contribution < -0.4 is 5.32 Å². The Balaban J connectivity index is 1.89. The molecular formula is C17H17ClN2O3. The number of nitrogens with zero attached hydrogens (tertiary/aromatic N) is 1. The number of benzene rings is 1. The molecule has 0 saturated carbocycles. The number of hydrogen-bond donors (Lipinski definition) is 1.